The van der Waals surface area contributed by atoms with Crippen LogP contribution in [0.25, 0.3) is 16.8 Å². The number of hydrogen-bond donors (Lipinski definition) is 1. The Balaban J connectivity index is 1.51. The minimum Gasteiger partial charge on any atom is -0.452 e. The quantitative estimate of drug-likeness (QED) is 0.666. The highest BCUT2D eigenvalue weighted by Crippen LogP contribution is 2.19. The van der Waals surface area contributed by atoms with E-state index in [1.54, 1.807) is 6.08 Å². The molecule has 2 aromatic rings. The van der Waals surface area contributed by atoms with Gasteiger partial charge in [0.2, 0.25) is 0 Å². The summed E-state index contributed by atoms with van der Waals surface area (Å²) in [6.45, 7) is -0.227. The first-order valence-corrected chi connectivity index (χ1v) is 8.84. The van der Waals surface area contributed by atoms with Gasteiger partial charge in [-0.2, -0.15) is 0 Å². The zero-order valence-corrected chi connectivity index (χ0v) is 14.2. The molecule has 0 atom stereocenters. The fraction of sp³-hybridized carbons (Fsp3) is 0.333. The molecule has 1 saturated carbocycles. The molecule has 0 unspecified atom stereocenters. The molecule has 4 heteroatoms. The van der Waals surface area contributed by atoms with Crippen molar-refractivity contribution in [2.24, 2.45) is 0 Å². The number of esters is 1. The zero-order valence-electron chi connectivity index (χ0n) is 14.2. The molecule has 0 radical (unpaired) electrons. The molecule has 1 aliphatic rings. The fourth-order valence-electron chi connectivity index (χ4n) is 3.25. The third-order valence-corrected chi connectivity index (χ3v) is 4.54. The molecule has 0 aromatic heterocycles. The van der Waals surface area contributed by atoms with Gasteiger partial charge in [0.1, 0.15) is 0 Å². The van der Waals surface area contributed by atoms with Gasteiger partial charge in [0, 0.05) is 12.1 Å². The van der Waals surface area contributed by atoms with Gasteiger partial charge in [-0.3, -0.25) is 4.79 Å². The molecule has 0 bridgehead atoms. The van der Waals surface area contributed by atoms with E-state index >= 15 is 0 Å². The molecule has 1 N–H and O–H groups in total. The molecule has 4 nitrogen and oxygen atoms in total. The lowest BCUT2D eigenvalue weighted by atomic mass is 9.95. The van der Waals surface area contributed by atoms with Crippen molar-refractivity contribution in [3.63, 3.8) is 0 Å². The van der Waals surface area contributed by atoms with Crippen LogP contribution >= 0.6 is 0 Å². The lowest BCUT2D eigenvalue weighted by Gasteiger charge is -2.22. The monoisotopic (exact) mass is 337 g/mol. The summed E-state index contributed by atoms with van der Waals surface area (Å²) < 4.78 is 5.04. The van der Waals surface area contributed by atoms with Crippen LogP contribution in [0.4, 0.5) is 0 Å². The van der Waals surface area contributed by atoms with Gasteiger partial charge in [-0.15, -0.1) is 0 Å². The fourth-order valence-corrected chi connectivity index (χ4v) is 3.25. The number of nitrogens with one attached hydrogen (secondary N) is 1. The van der Waals surface area contributed by atoms with Gasteiger partial charge < -0.3 is 10.1 Å². The van der Waals surface area contributed by atoms with E-state index in [0.717, 1.165) is 42.0 Å². The molecule has 0 aliphatic heterocycles. The zero-order chi connectivity index (χ0) is 17.5. The third-order valence-electron chi connectivity index (χ3n) is 4.54. The molecular formula is C21H23NO3. The highest BCUT2D eigenvalue weighted by Gasteiger charge is 2.16. The minimum absolute atomic E-state index is 0.223. The van der Waals surface area contributed by atoms with E-state index in [0.29, 0.717) is 0 Å². The van der Waals surface area contributed by atoms with E-state index in [-0.39, 0.29) is 18.6 Å². The summed E-state index contributed by atoms with van der Waals surface area (Å²) in [7, 11) is 0. The Labute approximate surface area is 147 Å². The van der Waals surface area contributed by atoms with Gasteiger partial charge in [0.15, 0.2) is 6.61 Å². The van der Waals surface area contributed by atoms with Crippen LogP contribution in [0.2, 0.25) is 0 Å². The van der Waals surface area contributed by atoms with Crippen molar-refractivity contribution in [1.29, 1.82) is 0 Å². The van der Waals surface area contributed by atoms with E-state index in [9.17, 15) is 9.59 Å². The molecule has 0 saturated heterocycles. The van der Waals surface area contributed by atoms with E-state index in [4.69, 9.17) is 4.74 Å². The molecular weight excluding hydrogens is 314 g/mol. The molecule has 1 amide bonds. The lowest BCUT2D eigenvalue weighted by molar-refractivity contribution is -0.144. The number of amides is 1. The third kappa shape index (κ3) is 4.92. The van der Waals surface area contributed by atoms with Crippen LogP contribution < -0.4 is 5.32 Å². The Hall–Kier alpha value is -2.62. The summed E-state index contributed by atoms with van der Waals surface area (Å²) in [5, 5.41) is 5.12. The summed E-state index contributed by atoms with van der Waals surface area (Å²) in [6, 6.07) is 14.1. The number of hydrogen-bond acceptors (Lipinski definition) is 3. The smallest absolute Gasteiger partial charge is 0.331 e. The second-order valence-corrected chi connectivity index (χ2v) is 6.41. The standard InChI is InChI=1S/C21H23NO3/c23-20(22-18-10-2-1-3-11-18)15-25-21(24)14-13-17-9-6-8-16-7-4-5-12-19(16)17/h4-9,12-14,18H,1-3,10-11,15H2,(H,22,23)/b14-13+. The van der Waals surface area contributed by atoms with E-state index in [1.807, 2.05) is 42.5 Å². The number of carbonyl (C=O) groups is 2. The topological polar surface area (TPSA) is 55.4 Å². The Morgan fingerprint density at radius 2 is 1.80 bits per heavy atom. The number of fused-ring (bicyclic) bond motifs is 1. The molecule has 130 valence electrons. The van der Waals surface area contributed by atoms with Gasteiger partial charge >= 0.3 is 5.97 Å². The van der Waals surface area contributed by atoms with Crippen molar-refractivity contribution in [2.75, 3.05) is 6.61 Å². The Morgan fingerprint density at radius 1 is 1.04 bits per heavy atom. The van der Waals surface area contributed by atoms with Crippen molar-refractivity contribution >= 4 is 28.7 Å². The minimum atomic E-state index is -0.508. The average Bonchev–Trinajstić information content (AvgIpc) is 2.65. The molecule has 2 aromatic carbocycles. The van der Waals surface area contributed by atoms with Crippen molar-refractivity contribution in [3.05, 3.63) is 54.1 Å². The van der Waals surface area contributed by atoms with Gasteiger partial charge in [-0.25, -0.2) is 4.79 Å². The Bertz CT molecular complexity index is 770. The van der Waals surface area contributed by atoms with Crippen LogP contribution in [0.3, 0.4) is 0 Å². The predicted octanol–water partition coefficient (Wildman–Crippen LogP) is 3.85. The van der Waals surface area contributed by atoms with Crippen LogP contribution in [0, 0.1) is 0 Å². The van der Waals surface area contributed by atoms with Crippen molar-refractivity contribution in [2.45, 2.75) is 38.1 Å². The molecule has 1 fully saturated rings. The van der Waals surface area contributed by atoms with Gasteiger partial charge in [-0.05, 0) is 35.3 Å². The SMILES string of the molecule is O=C(COC(=O)/C=C/c1cccc2ccccc12)NC1CCCCC1. The summed E-state index contributed by atoms with van der Waals surface area (Å²) in [4.78, 5) is 23.7. The van der Waals surface area contributed by atoms with Crippen LogP contribution in [0.1, 0.15) is 37.7 Å². The first-order chi connectivity index (χ1) is 12.2. The van der Waals surface area contributed by atoms with Crippen LogP contribution in [0.5, 0.6) is 0 Å². The summed E-state index contributed by atoms with van der Waals surface area (Å²) in [6.07, 6.45) is 8.66. The van der Waals surface area contributed by atoms with Crippen LogP contribution in [0.15, 0.2) is 48.5 Å². The molecule has 1 aliphatic carbocycles. The second-order valence-electron chi connectivity index (χ2n) is 6.41. The summed E-state index contributed by atoms with van der Waals surface area (Å²) in [5.41, 5.74) is 0.946. The highest BCUT2D eigenvalue weighted by atomic mass is 16.5. The van der Waals surface area contributed by atoms with Gasteiger partial charge in [-0.1, -0.05) is 61.7 Å². The molecule has 3 rings (SSSR count). The lowest BCUT2D eigenvalue weighted by Crippen LogP contribution is -2.38. The Kier molecular flexibility index (Phi) is 5.83. The number of ether oxygens (including phenoxy) is 1. The van der Waals surface area contributed by atoms with Crippen molar-refractivity contribution in [1.82, 2.24) is 5.32 Å². The van der Waals surface area contributed by atoms with E-state index in [2.05, 4.69) is 5.32 Å². The number of rotatable bonds is 5. The van der Waals surface area contributed by atoms with Gasteiger partial charge in [0.05, 0.1) is 0 Å². The first kappa shape index (κ1) is 17.2. The largest absolute Gasteiger partial charge is 0.452 e. The van der Waals surface area contributed by atoms with Crippen LogP contribution in [-0.4, -0.2) is 24.5 Å². The average molecular weight is 337 g/mol. The maximum Gasteiger partial charge on any atom is 0.331 e. The second kappa shape index (κ2) is 8.47. The van der Waals surface area contributed by atoms with Crippen molar-refractivity contribution in [3.8, 4) is 0 Å². The summed E-state index contributed by atoms with van der Waals surface area (Å²) >= 11 is 0. The highest BCUT2D eigenvalue weighted by molar-refractivity contribution is 5.95. The van der Waals surface area contributed by atoms with Crippen molar-refractivity contribution < 1.29 is 14.3 Å². The summed E-state index contributed by atoms with van der Waals surface area (Å²) in [5.74, 6) is -0.731. The molecule has 0 spiro atoms. The molecule has 0 heterocycles. The van der Waals surface area contributed by atoms with Crippen LogP contribution in [-0.2, 0) is 14.3 Å². The van der Waals surface area contributed by atoms with Gasteiger partial charge in [0.25, 0.3) is 5.91 Å². The van der Waals surface area contributed by atoms with E-state index < -0.39 is 5.97 Å². The number of benzene rings is 2. The molecule has 25 heavy (non-hydrogen) atoms. The Morgan fingerprint density at radius 3 is 2.64 bits per heavy atom. The number of carbonyl (C=O) groups excluding carboxylic acids is 2. The predicted molar refractivity (Wildman–Crippen MR) is 99.0 cm³/mol. The maximum atomic E-state index is 11.9. The maximum absolute atomic E-state index is 11.9. The van der Waals surface area contributed by atoms with E-state index in [1.165, 1.54) is 12.5 Å². The normalized spacial score (nSPS) is 15.4. The first-order valence-electron chi connectivity index (χ1n) is 8.84.